The second kappa shape index (κ2) is 5.30. The van der Waals surface area contributed by atoms with Crippen molar-refractivity contribution in [1.82, 2.24) is 4.98 Å². The minimum Gasteiger partial charge on any atom is -0.465 e. The molecule has 0 radical (unpaired) electrons. The van der Waals surface area contributed by atoms with Gasteiger partial charge in [-0.2, -0.15) is 0 Å². The van der Waals surface area contributed by atoms with Crippen molar-refractivity contribution in [3.63, 3.8) is 0 Å². The maximum absolute atomic E-state index is 11.8. The molecule has 0 saturated carbocycles. The molecule has 1 fully saturated rings. The van der Waals surface area contributed by atoms with Crippen molar-refractivity contribution in [2.45, 2.75) is 18.6 Å². The number of halogens is 1. The van der Waals surface area contributed by atoms with Crippen molar-refractivity contribution in [2.75, 3.05) is 18.6 Å². The van der Waals surface area contributed by atoms with Gasteiger partial charge in [0, 0.05) is 23.6 Å². The molecule has 1 aliphatic rings. The number of esters is 1. The minimum atomic E-state index is -3.81. The van der Waals surface area contributed by atoms with Crippen molar-refractivity contribution in [3.8, 4) is 0 Å². The number of ether oxygens (including phenoxy) is 1. The number of nitrogens with zero attached hydrogens (tertiary/aromatic N) is 2. The number of aromatic nitrogens is 1. The van der Waals surface area contributed by atoms with Crippen LogP contribution in [0.4, 0.5) is 5.13 Å². The fourth-order valence-corrected chi connectivity index (χ4v) is 3.87. The molecule has 1 amide bonds. The van der Waals surface area contributed by atoms with E-state index in [4.69, 9.17) is 10.7 Å². The van der Waals surface area contributed by atoms with Crippen LogP contribution in [0.5, 0.6) is 0 Å². The van der Waals surface area contributed by atoms with E-state index in [1.54, 1.807) is 6.92 Å². The van der Waals surface area contributed by atoms with Gasteiger partial charge in [-0.05, 0) is 6.92 Å². The van der Waals surface area contributed by atoms with E-state index in [1.165, 1.54) is 12.0 Å². The van der Waals surface area contributed by atoms with Gasteiger partial charge in [-0.25, -0.2) is 18.2 Å². The summed E-state index contributed by atoms with van der Waals surface area (Å²) in [7, 11) is 2.71. The highest BCUT2D eigenvalue weighted by atomic mass is 35.7. The molecule has 0 spiro atoms. The molecule has 0 aromatic carbocycles. The van der Waals surface area contributed by atoms with E-state index in [-0.39, 0.29) is 28.9 Å². The molecule has 110 valence electrons. The van der Waals surface area contributed by atoms with E-state index >= 15 is 0 Å². The molecule has 1 saturated heterocycles. The summed E-state index contributed by atoms with van der Waals surface area (Å²) in [6.45, 7) is 1.56. The van der Waals surface area contributed by atoms with E-state index < -0.39 is 20.3 Å². The molecule has 1 aliphatic heterocycles. The van der Waals surface area contributed by atoms with E-state index in [0.29, 0.717) is 5.69 Å². The molecular weight excluding hydrogens is 328 g/mol. The molecule has 1 unspecified atom stereocenters. The third-order valence-corrected chi connectivity index (χ3v) is 5.90. The lowest BCUT2D eigenvalue weighted by atomic mass is 10.4. The average Bonchev–Trinajstić information content (AvgIpc) is 2.91. The van der Waals surface area contributed by atoms with Crippen LogP contribution in [-0.4, -0.2) is 44.2 Å². The summed E-state index contributed by atoms with van der Waals surface area (Å²) in [6.07, 6.45) is -0.183. The molecule has 1 aromatic heterocycles. The summed E-state index contributed by atoms with van der Waals surface area (Å²) in [4.78, 5) is 29.0. The first kappa shape index (κ1) is 15.2. The Kier molecular flexibility index (Phi) is 4.03. The summed E-state index contributed by atoms with van der Waals surface area (Å²) in [5, 5.41) is -0.682. The summed E-state index contributed by atoms with van der Waals surface area (Å²) >= 11 is 0.987. The maximum atomic E-state index is 11.8. The van der Waals surface area contributed by atoms with Gasteiger partial charge in [-0.3, -0.25) is 9.69 Å². The zero-order chi connectivity index (χ0) is 15.1. The molecular formula is C10H11ClN2O5S2. The average molecular weight is 339 g/mol. The Hall–Kier alpha value is -1.19. The van der Waals surface area contributed by atoms with Crippen LogP contribution in [0, 0.1) is 6.92 Å². The van der Waals surface area contributed by atoms with E-state index in [0.717, 1.165) is 11.3 Å². The summed E-state index contributed by atoms with van der Waals surface area (Å²) in [5.41, 5.74) is 0.432. The number of rotatable bonds is 3. The van der Waals surface area contributed by atoms with Gasteiger partial charge in [0.25, 0.3) is 0 Å². The number of carbonyl (C=O) groups excluding carboxylic acids is 2. The minimum absolute atomic E-state index is 0.0573. The molecule has 20 heavy (non-hydrogen) atoms. The van der Waals surface area contributed by atoms with Crippen LogP contribution >= 0.6 is 22.0 Å². The Morgan fingerprint density at radius 3 is 2.70 bits per heavy atom. The number of carbonyl (C=O) groups is 2. The molecule has 0 aliphatic carbocycles. The number of amides is 1. The number of aryl methyl sites for hydroxylation is 1. The fourth-order valence-electron chi connectivity index (χ4n) is 1.83. The first-order valence-corrected chi connectivity index (χ1v) is 8.72. The number of anilines is 1. The quantitative estimate of drug-likeness (QED) is 0.600. The topological polar surface area (TPSA) is 93.6 Å². The van der Waals surface area contributed by atoms with Crippen LogP contribution in [-0.2, 0) is 18.6 Å². The Labute approximate surface area is 123 Å². The summed E-state index contributed by atoms with van der Waals surface area (Å²) in [6, 6.07) is 0. The second-order valence-corrected chi connectivity index (χ2v) is 8.09. The normalized spacial score (nSPS) is 19.4. The van der Waals surface area contributed by atoms with Crippen molar-refractivity contribution in [3.05, 3.63) is 10.6 Å². The lowest BCUT2D eigenvalue weighted by molar-refractivity contribution is -0.117. The Morgan fingerprint density at radius 1 is 1.55 bits per heavy atom. The van der Waals surface area contributed by atoms with E-state index in [9.17, 15) is 18.0 Å². The zero-order valence-corrected chi connectivity index (χ0v) is 13.0. The van der Waals surface area contributed by atoms with Gasteiger partial charge in [0.15, 0.2) is 5.13 Å². The van der Waals surface area contributed by atoms with Gasteiger partial charge in [0.1, 0.15) is 10.1 Å². The van der Waals surface area contributed by atoms with E-state index in [2.05, 4.69) is 9.72 Å². The monoisotopic (exact) mass is 338 g/mol. The maximum Gasteiger partial charge on any atom is 0.350 e. The lowest BCUT2D eigenvalue weighted by Crippen LogP contribution is -2.26. The number of hydrogen-bond acceptors (Lipinski definition) is 7. The van der Waals surface area contributed by atoms with Crippen molar-refractivity contribution in [2.24, 2.45) is 0 Å². The number of methoxy groups -OCH3 is 1. The summed E-state index contributed by atoms with van der Waals surface area (Å²) in [5.74, 6) is -0.927. The predicted molar refractivity (Wildman–Crippen MR) is 73.7 cm³/mol. The third-order valence-electron chi connectivity index (χ3n) is 2.87. The SMILES string of the molecule is COC(=O)c1sc(N2CC(S(=O)(=O)Cl)CC2=O)nc1C. The van der Waals surface area contributed by atoms with Crippen LogP contribution in [0.2, 0.25) is 0 Å². The molecule has 7 nitrogen and oxygen atoms in total. The van der Waals surface area contributed by atoms with Crippen LogP contribution < -0.4 is 4.90 Å². The van der Waals surface area contributed by atoms with Gasteiger partial charge in [0.05, 0.1) is 12.8 Å². The fraction of sp³-hybridized carbons (Fsp3) is 0.500. The number of hydrogen-bond donors (Lipinski definition) is 0. The van der Waals surface area contributed by atoms with Crippen molar-refractivity contribution >= 4 is 48.1 Å². The van der Waals surface area contributed by atoms with Crippen LogP contribution in [0.1, 0.15) is 21.8 Å². The zero-order valence-electron chi connectivity index (χ0n) is 10.6. The molecule has 2 rings (SSSR count). The largest absolute Gasteiger partial charge is 0.465 e. The van der Waals surface area contributed by atoms with Crippen LogP contribution in [0.15, 0.2) is 0 Å². The van der Waals surface area contributed by atoms with E-state index in [1.807, 2.05) is 0 Å². The molecule has 0 bridgehead atoms. The molecule has 0 N–H and O–H groups in total. The van der Waals surface area contributed by atoms with Gasteiger partial charge >= 0.3 is 5.97 Å². The Balaban J connectivity index is 2.29. The highest BCUT2D eigenvalue weighted by Gasteiger charge is 2.39. The molecule has 10 heteroatoms. The van der Waals surface area contributed by atoms with Crippen LogP contribution in [0.25, 0.3) is 0 Å². The van der Waals surface area contributed by atoms with Crippen molar-refractivity contribution < 1.29 is 22.7 Å². The highest BCUT2D eigenvalue weighted by Crippen LogP contribution is 2.32. The highest BCUT2D eigenvalue weighted by molar-refractivity contribution is 8.14. The third kappa shape index (κ3) is 2.79. The summed E-state index contributed by atoms with van der Waals surface area (Å²) < 4.78 is 27.2. The molecule has 2 heterocycles. The molecule has 1 aromatic rings. The Bertz CT molecular complexity index is 669. The smallest absolute Gasteiger partial charge is 0.350 e. The first-order chi connectivity index (χ1) is 9.24. The predicted octanol–water partition coefficient (Wildman–Crippen LogP) is 0.912. The van der Waals surface area contributed by atoms with Gasteiger partial charge in [0.2, 0.25) is 15.0 Å². The van der Waals surface area contributed by atoms with Gasteiger partial charge in [-0.1, -0.05) is 11.3 Å². The van der Waals surface area contributed by atoms with Gasteiger partial charge < -0.3 is 4.74 Å². The van der Waals surface area contributed by atoms with Crippen LogP contribution in [0.3, 0.4) is 0 Å². The van der Waals surface area contributed by atoms with Gasteiger partial charge in [-0.15, -0.1) is 0 Å². The van der Waals surface area contributed by atoms with Crippen molar-refractivity contribution in [1.29, 1.82) is 0 Å². The Morgan fingerprint density at radius 2 is 2.20 bits per heavy atom. The standard InChI is InChI=1S/C10H11ClN2O5S2/c1-5-8(9(15)18-2)19-10(12-5)13-4-6(3-7(13)14)20(11,16)17/h6H,3-4H2,1-2H3. The lowest BCUT2D eigenvalue weighted by Gasteiger charge is -2.11. The first-order valence-electron chi connectivity index (χ1n) is 5.53. The second-order valence-electron chi connectivity index (χ2n) is 4.21. The number of thiazole rings is 1. The molecule has 1 atom stereocenters.